The largest absolute Gasteiger partial charge is 0.378 e. The van der Waals surface area contributed by atoms with E-state index in [9.17, 15) is 0 Å². The van der Waals surface area contributed by atoms with Gasteiger partial charge in [0.25, 0.3) is 0 Å². The maximum absolute atomic E-state index is 6.14. The van der Waals surface area contributed by atoms with Gasteiger partial charge in [0.15, 0.2) is 0 Å². The van der Waals surface area contributed by atoms with Gasteiger partial charge in [-0.05, 0) is 11.6 Å². The minimum atomic E-state index is 0.468. The van der Waals surface area contributed by atoms with E-state index in [1.165, 1.54) is 0 Å². The lowest BCUT2D eigenvalue weighted by Gasteiger charge is -2.28. The van der Waals surface area contributed by atoms with Gasteiger partial charge in [0.05, 0.1) is 18.2 Å². The van der Waals surface area contributed by atoms with Crippen LogP contribution in [0.5, 0.6) is 0 Å². The van der Waals surface area contributed by atoms with Crippen LogP contribution in [0.25, 0.3) is 0 Å². The van der Waals surface area contributed by atoms with Crippen molar-refractivity contribution in [1.82, 2.24) is 4.98 Å². The molecule has 1 saturated heterocycles. The van der Waals surface area contributed by atoms with E-state index in [1.54, 1.807) is 6.20 Å². The van der Waals surface area contributed by atoms with Crippen LogP contribution in [0.1, 0.15) is 5.56 Å². The second-order valence-electron chi connectivity index (χ2n) is 3.45. The summed E-state index contributed by atoms with van der Waals surface area (Å²) in [5, 5.41) is 0.667. The minimum Gasteiger partial charge on any atom is -0.378 e. The molecule has 2 heterocycles. The summed E-state index contributed by atoms with van der Waals surface area (Å²) in [5.41, 5.74) is 6.47. The maximum atomic E-state index is 6.14. The van der Waals surface area contributed by atoms with Crippen molar-refractivity contribution in [3.05, 3.63) is 22.8 Å². The molecule has 15 heavy (non-hydrogen) atoms. The Labute approximate surface area is 94.0 Å². The third-order valence-electron chi connectivity index (χ3n) is 2.42. The van der Waals surface area contributed by atoms with Crippen LogP contribution in [0, 0.1) is 0 Å². The minimum absolute atomic E-state index is 0.468. The van der Waals surface area contributed by atoms with E-state index >= 15 is 0 Å². The second-order valence-corrected chi connectivity index (χ2v) is 3.86. The Morgan fingerprint density at radius 2 is 2.20 bits per heavy atom. The zero-order valence-electron chi connectivity index (χ0n) is 8.45. The summed E-state index contributed by atoms with van der Waals surface area (Å²) >= 11 is 6.14. The van der Waals surface area contributed by atoms with E-state index in [-0.39, 0.29) is 0 Å². The highest BCUT2D eigenvalue weighted by molar-refractivity contribution is 6.33. The Kier molecular flexibility index (Phi) is 3.41. The van der Waals surface area contributed by atoms with Gasteiger partial charge in [-0.15, -0.1) is 0 Å². The van der Waals surface area contributed by atoms with E-state index in [4.69, 9.17) is 22.1 Å². The predicted octanol–water partition coefficient (Wildman–Crippen LogP) is 1.03. The standard InChI is InChI=1S/C10H14ClN3O/c11-9-5-8(6-12)7-13-10(9)14-1-3-15-4-2-14/h5,7H,1-4,6,12H2. The summed E-state index contributed by atoms with van der Waals surface area (Å²) < 4.78 is 5.27. The molecule has 2 N–H and O–H groups in total. The van der Waals surface area contributed by atoms with Crippen LogP contribution >= 0.6 is 11.6 Å². The topological polar surface area (TPSA) is 51.4 Å². The van der Waals surface area contributed by atoms with Crippen molar-refractivity contribution in [2.24, 2.45) is 5.73 Å². The number of nitrogens with zero attached hydrogens (tertiary/aromatic N) is 2. The van der Waals surface area contributed by atoms with Gasteiger partial charge in [-0.2, -0.15) is 0 Å². The fourth-order valence-corrected chi connectivity index (χ4v) is 1.90. The molecule has 2 rings (SSSR count). The van der Waals surface area contributed by atoms with Gasteiger partial charge in [0.2, 0.25) is 0 Å². The molecule has 0 radical (unpaired) electrons. The number of aromatic nitrogens is 1. The van der Waals surface area contributed by atoms with E-state index in [2.05, 4.69) is 9.88 Å². The van der Waals surface area contributed by atoms with E-state index < -0.39 is 0 Å². The van der Waals surface area contributed by atoms with Crippen molar-refractivity contribution in [1.29, 1.82) is 0 Å². The molecule has 1 aliphatic rings. The first-order valence-electron chi connectivity index (χ1n) is 4.98. The number of hydrogen-bond donors (Lipinski definition) is 1. The Balaban J connectivity index is 2.19. The van der Waals surface area contributed by atoms with Crippen LogP contribution in [0.2, 0.25) is 5.02 Å². The first-order valence-corrected chi connectivity index (χ1v) is 5.36. The quantitative estimate of drug-likeness (QED) is 0.820. The Morgan fingerprint density at radius 1 is 1.47 bits per heavy atom. The van der Waals surface area contributed by atoms with E-state index in [0.29, 0.717) is 11.6 Å². The fraction of sp³-hybridized carbons (Fsp3) is 0.500. The van der Waals surface area contributed by atoms with Crippen LogP contribution < -0.4 is 10.6 Å². The van der Waals surface area contributed by atoms with Crippen molar-refractivity contribution >= 4 is 17.4 Å². The average molecular weight is 228 g/mol. The van der Waals surface area contributed by atoms with Crippen molar-refractivity contribution in [2.45, 2.75) is 6.54 Å². The molecule has 0 atom stereocenters. The van der Waals surface area contributed by atoms with Gasteiger partial charge in [-0.1, -0.05) is 11.6 Å². The molecular weight excluding hydrogens is 214 g/mol. The molecule has 1 aromatic heterocycles. The van der Waals surface area contributed by atoms with Crippen molar-refractivity contribution in [2.75, 3.05) is 31.2 Å². The first-order chi connectivity index (χ1) is 7.31. The monoisotopic (exact) mass is 227 g/mol. The van der Waals surface area contributed by atoms with Crippen LogP contribution in [-0.4, -0.2) is 31.3 Å². The van der Waals surface area contributed by atoms with Crippen LogP contribution in [0.3, 0.4) is 0 Å². The predicted molar refractivity (Wildman–Crippen MR) is 60.2 cm³/mol. The zero-order valence-corrected chi connectivity index (χ0v) is 9.20. The molecule has 5 heteroatoms. The highest BCUT2D eigenvalue weighted by atomic mass is 35.5. The molecule has 1 fully saturated rings. The maximum Gasteiger partial charge on any atom is 0.147 e. The number of pyridine rings is 1. The zero-order chi connectivity index (χ0) is 10.7. The van der Waals surface area contributed by atoms with Crippen molar-refractivity contribution in [3.63, 3.8) is 0 Å². The van der Waals surface area contributed by atoms with Crippen LogP contribution in [0.15, 0.2) is 12.3 Å². The molecule has 0 aromatic carbocycles. The highest BCUT2D eigenvalue weighted by Gasteiger charge is 2.15. The third kappa shape index (κ3) is 2.40. The molecule has 82 valence electrons. The van der Waals surface area contributed by atoms with Crippen LogP contribution in [0.4, 0.5) is 5.82 Å². The summed E-state index contributed by atoms with van der Waals surface area (Å²) in [5.74, 6) is 0.831. The summed E-state index contributed by atoms with van der Waals surface area (Å²) in [6, 6.07) is 1.87. The molecule has 0 spiro atoms. The smallest absolute Gasteiger partial charge is 0.147 e. The van der Waals surface area contributed by atoms with Gasteiger partial charge in [-0.3, -0.25) is 0 Å². The molecule has 0 amide bonds. The summed E-state index contributed by atoms with van der Waals surface area (Å²) in [4.78, 5) is 6.46. The van der Waals surface area contributed by atoms with Crippen molar-refractivity contribution < 1.29 is 4.74 Å². The molecule has 1 aliphatic heterocycles. The molecule has 0 saturated carbocycles. The second kappa shape index (κ2) is 4.79. The number of rotatable bonds is 2. The number of hydrogen-bond acceptors (Lipinski definition) is 4. The number of ether oxygens (including phenoxy) is 1. The number of nitrogens with two attached hydrogens (primary N) is 1. The molecular formula is C10H14ClN3O. The lowest BCUT2D eigenvalue weighted by Crippen LogP contribution is -2.36. The third-order valence-corrected chi connectivity index (χ3v) is 2.70. The molecule has 0 bridgehead atoms. The summed E-state index contributed by atoms with van der Waals surface area (Å²) in [7, 11) is 0. The highest BCUT2D eigenvalue weighted by Crippen LogP contribution is 2.24. The fourth-order valence-electron chi connectivity index (χ4n) is 1.59. The molecule has 0 unspecified atom stereocenters. The molecule has 0 aliphatic carbocycles. The number of morpholine rings is 1. The Hall–Kier alpha value is -0.840. The van der Waals surface area contributed by atoms with E-state index in [1.807, 2.05) is 6.07 Å². The van der Waals surface area contributed by atoms with Gasteiger partial charge in [-0.25, -0.2) is 4.98 Å². The normalized spacial score (nSPS) is 16.8. The summed E-state index contributed by atoms with van der Waals surface area (Å²) in [6.07, 6.45) is 1.77. The SMILES string of the molecule is NCc1cnc(N2CCOCC2)c(Cl)c1. The van der Waals surface area contributed by atoms with E-state index in [0.717, 1.165) is 37.7 Å². The number of halogens is 1. The lowest BCUT2D eigenvalue weighted by molar-refractivity contribution is 0.122. The molecule has 4 nitrogen and oxygen atoms in total. The van der Waals surface area contributed by atoms with Gasteiger partial charge >= 0.3 is 0 Å². The van der Waals surface area contributed by atoms with Gasteiger partial charge in [0.1, 0.15) is 5.82 Å². The average Bonchev–Trinajstić information content (AvgIpc) is 2.30. The van der Waals surface area contributed by atoms with Crippen molar-refractivity contribution in [3.8, 4) is 0 Å². The number of anilines is 1. The molecule has 1 aromatic rings. The van der Waals surface area contributed by atoms with Gasteiger partial charge in [0, 0.05) is 25.8 Å². The lowest BCUT2D eigenvalue weighted by atomic mass is 10.2. The summed E-state index contributed by atoms with van der Waals surface area (Å²) in [6.45, 7) is 3.62. The Morgan fingerprint density at radius 3 is 2.80 bits per heavy atom. The first kappa shape index (κ1) is 10.7. The Bertz CT molecular complexity index is 339. The van der Waals surface area contributed by atoms with Gasteiger partial charge < -0.3 is 15.4 Å². The van der Waals surface area contributed by atoms with Crippen LogP contribution in [-0.2, 0) is 11.3 Å².